The number of rotatable bonds is 10. The van der Waals surface area contributed by atoms with E-state index >= 15 is 0 Å². The average Bonchev–Trinajstić information content (AvgIpc) is 2.49. The third-order valence-electron chi connectivity index (χ3n) is 3.12. The summed E-state index contributed by atoms with van der Waals surface area (Å²) in [6.07, 6.45) is 1.73. The Morgan fingerprint density at radius 1 is 1.29 bits per heavy atom. The van der Waals surface area contributed by atoms with Gasteiger partial charge < -0.3 is 10.1 Å². The maximum Gasteiger partial charge on any atom is 0.235 e. The molecule has 0 aliphatic rings. The van der Waals surface area contributed by atoms with Gasteiger partial charge in [0.25, 0.3) is 0 Å². The van der Waals surface area contributed by atoms with E-state index in [1.165, 1.54) is 0 Å². The summed E-state index contributed by atoms with van der Waals surface area (Å²) in [6, 6.07) is 4.85. The number of sulfonamides is 1. The highest BCUT2D eigenvalue weighted by Crippen LogP contribution is 2.23. The lowest BCUT2D eigenvalue weighted by molar-refractivity contribution is -0.121. The number of hydrogen-bond donors (Lipinski definition) is 1. The topological polar surface area (TPSA) is 75.7 Å². The predicted molar refractivity (Wildman–Crippen MR) is 95.8 cm³/mol. The second-order valence-electron chi connectivity index (χ2n) is 5.18. The average molecular weight is 397 g/mol. The molecule has 1 aromatic rings. The van der Waals surface area contributed by atoms with Crippen LogP contribution in [0.1, 0.15) is 18.9 Å². The second-order valence-corrected chi connectivity index (χ2v) is 7.98. The Morgan fingerprint density at radius 2 is 2.00 bits per heavy atom. The Kier molecular flexibility index (Phi) is 9.01. The first-order valence-electron chi connectivity index (χ1n) is 7.47. The molecular formula is C15H22Cl2N2O4S. The van der Waals surface area contributed by atoms with Gasteiger partial charge in [0.15, 0.2) is 0 Å². The number of halogens is 2. The van der Waals surface area contributed by atoms with Crippen LogP contribution in [-0.4, -0.2) is 51.2 Å². The fourth-order valence-corrected chi connectivity index (χ4v) is 2.95. The minimum Gasteiger partial charge on any atom is -0.382 e. The van der Waals surface area contributed by atoms with Crippen LogP contribution >= 0.6 is 23.2 Å². The molecule has 0 heterocycles. The molecule has 9 heteroatoms. The SMILES string of the molecule is CCOCCCNC(=O)CN(Cc1ccc(Cl)c(Cl)c1)S(C)(=O)=O. The van der Waals surface area contributed by atoms with E-state index in [0.717, 1.165) is 10.6 Å². The van der Waals surface area contributed by atoms with Crippen molar-refractivity contribution in [2.24, 2.45) is 0 Å². The highest BCUT2D eigenvalue weighted by Gasteiger charge is 2.20. The van der Waals surface area contributed by atoms with E-state index in [1.807, 2.05) is 6.92 Å². The van der Waals surface area contributed by atoms with Crippen molar-refractivity contribution in [3.8, 4) is 0 Å². The summed E-state index contributed by atoms with van der Waals surface area (Å²) in [5, 5.41) is 3.40. The van der Waals surface area contributed by atoms with E-state index < -0.39 is 10.0 Å². The molecule has 0 aromatic heterocycles. The number of carbonyl (C=O) groups is 1. The van der Waals surface area contributed by atoms with Crippen molar-refractivity contribution < 1.29 is 17.9 Å². The molecule has 0 aliphatic carbocycles. The highest BCUT2D eigenvalue weighted by molar-refractivity contribution is 7.88. The summed E-state index contributed by atoms with van der Waals surface area (Å²) < 4.78 is 30.1. The van der Waals surface area contributed by atoms with Gasteiger partial charge in [0.1, 0.15) is 0 Å². The van der Waals surface area contributed by atoms with Crippen LogP contribution in [0.25, 0.3) is 0 Å². The normalized spacial score (nSPS) is 11.7. The molecule has 1 aromatic carbocycles. The van der Waals surface area contributed by atoms with Crippen LogP contribution in [0.4, 0.5) is 0 Å². The zero-order valence-corrected chi connectivity index (χ0v) is 16.0. The van der Waals surface area contributed by atoms with Crippen molar-refractivity contribution in [1.82, 2.24) is 9.62 Å². The Hall–Kier alpha value is -0.860. The summed E-state index contributed by atoms with van der Waals surface area (Å²) in [5.41, 5.74) is 0.652. The molecule has 1 amide bonds. The zero-order chi connectivity index (χ0) is 18.2. The van der Waals surface area contributed by atoms with E-state index in [1.54, 1.807) is 18.2 Å². The van der Waals surface area contributed by atoms with Crippen molar-refractivity contribution >= 4 is 39.1 Å². The van der Waals surface area contributed by atoms with Crippen LogP contribution in [0.5, 0.6) is 0 Å². The summed E-state index contributed by atoms with van der Waals surface area (Å²) in [7, 11) is -3.55. The van der Waals surface area contributed by atoms with Gasteiger partial charge in [-0.05, 0) is 31.0 Å². The van der Waals surface area contributed by atoms with Gasteiger partial charge in [0.05, 0.1) is 22.8 Å². The quantitative estimate of drug-likeness (QED) is 0.615. The molecule has 24 heavy (non-hydrogen) atoms. The Bertz CT molecular complexity index is 653. The van der Waals surface area contributed by atoms with Gasteiger partial charge in [-0.3, -0.25) is 4.79 Å². The fraction of sp³-hybridized carbons (Fsp3) is 0.533. The number of ether oxygens (including phenoxy) is 1. The first-order chi connectivity index (χ1) is 11.2. The molecule has 0 saturated carbocycles. The first kappa shape index (κ1) is 21.2. The molecule has 0 spiro atoms. The predicted octanol–water partition coefficient (Wildman–Crippen LogP) is 2.30. The second kappa shape index (κ2) is 10.2. The first-order valence-corrected chi connectivity index (χ1v) is 10.1. The van der Waals surface area contributed by atoms with Crippen LogP contribution in [0.15, 0.2) is 18.2 Å². The summed E-state index contributed by atoms with van der Waals surface area (Å²) in [6.45, 7) is 3.29. The molecule has 0 saturated heterocycles. The van der Waals surface area contributed by atoms with E-state index in [0.29, 0.717) is 41.8 Å². The Labute approximate surface area is 153 Å². The number of amides is 1. The largest absolute Gasteiger partial charge is 0.382 e. The van der Waals surface area contributed by atoms with Crippen LogP contribution in [0.3, 0.4) is 0 Å². The van der Waals surface area contributed by atoms with E-state index in [9.17, 15) is 13.2 Å². The molecule has 0 aliphatic heterocycles. The molecule has 1 N–H and O–H groups in total. The van der Waals surface area contributed by atoms with Crippen molar-refractivity contribution in [3.63, 3.8) is 0 Å². The molecule has 0 bridgehead atoms. The van der Waals surface area contributed by atoms with E-state index in [2.05, 4.69) is 5.32 Å². The number of nitrogens with one attached hydrogen (secondary N) is 1. The van der Waals surface area contributed by atoms with Crippen molar-refractivity contribution in [1.29, 1.82) is 0 Å². The summed E-state index contributed by atoms with van der Waals surface area (Å²) >= 11 is 11.8. The molecule has 6 nitrogen and oxygen atoms in total. The smallest absolute Gasteiger partial charge is 0.235 e. The van der Waals surface area contributed by atoms with Crippen molar-refractivity contribution in [2.45, 2.75) is 19.9 Å². The van der Waals surface area contributed by atoms with E-state index in [-0.39, 0.29) is 19.0 Å². The standard InChI is InChI=1S/C15H22Cl2N2O4S/c1-3-23-8-4-7-18-15(20)11-19(24(2,21)22)10-12-5-6-13(16)14(17)9-12/h5-6,9H,3-4,7-8,10-11H2,1-2H3,(H,18,20). The fourth-order valence-electron chi connectivity index (χ4n) is 1.89. The molecular weight excluding hydrogens is 375 g/mol. The lowest BCUT2D eigenvalue weighted by Crippen LogP contribution is -2.40. The Morgan fingerprint density at radius 3 is 2.58 bits per heavy atom. The molecule has 136 valence electrons. The van der Waals surface area contributed by atoms with Gasteiger partial charge in [0, 0.05) is 26.3 Å². The van der Waals surface area contributed by atoms with Crippen LogP contribution in [-0.2, 0) is 26.1 Å². The van der Waals surface area contributed by atoms with Crippen LogP contribution in [0, 0.1) is 0 Å². The molecule has 0 radical (unpaired) electrons. The van der Waals surface area contributed by atoms with Gasteiger partial charge in [0.2, 0.25) is 15.9 Å². The molecule has 0 fully saturated rings. The van der Waals surface area contributed by atoms with Crippen molar-refractivity contribution in [3.05, 3.63) is 33.8 Å². The number of hydrogen-bond acceptors (Lipinski definition) is 4. The van der Waals surface area contributed by atoms with Gasteiger partial charge in [-0.25, -0.2) is 8.42 Å². The minimum absolute atomic E-state index is 0.0437. The number of benzene rings is 1. The monoisotopic (exact) mass is 396 g/mol. The molecule has 0 unspecified atom stereocenters. The van der Waals surface area contributed by atoms with Gasteiger partial charge in [-0.15, -0.1) is 0 Å². The molecule has 1 rings (SSSR count). The highest BCUT2D eigenvalue weighted by atomic mass is 35.5. The summed E-state index contributed by atoms with van der Waals surface area (Å²) in [4.78, 5) is 11.9. The maximum atomic E-state index is 11.9. The van der Waals surface area contributed by atoms with Crippen LogP contribution in [0.2, 0.25) is 10.0 Å². The zero-order valence-electron chi connectivity index (χ0n) is 13.7. The lowest BCUT2D eigenvalue weighted by atomic mass is 10.2. The van der Waals surface area contributed by atoms with Gasteiger partial charge in [-0.1, -0.05) is 29.3 Å². The lowest BCUT2D eigenvalue weighted by Gasteiger charge is -2.20. The van der Waals surface area contributed by atoms with E-state index in [4.69, 9.17) is 27.9 Å². The van der Waals surface area contributed by atoms with Crippen molar-refractivity contribution in [2.75, 3.05) is 32.6 Å². The van der Waals surface area contributed by atoms with Gasteiger partial charge in [-0.2, -0.15) is 4.31 Å². The summed E-state index contributed by atoms with van der Waals surface area (Å²) in [5.74, 6) is -0.364. The van der Waals surface area contributed by atoms with Gasteiger partial charge >= 0.3 is 0 Å². The Balaban J connectivity index is 2.63. The minimum atomic E-state index is -3.55. The number of carbonyl (C=O) groups excluding carboxylic acids is 1. The number of nitrogens with zero attached hydrogens (tertiary/aromatic N) is 1. The maximum absolute atomic E-state index is 11.9. The van der Waals surface area contributed by atoms with Crippen LogP contribution < -0.4 is 5.32 Å². The third kappa shape index (κ3) is 7.81. The third-order valence-corrected chi connectivity index (χ3v) is 5.06. The molecule has 0 atom stereocenters.